The summed E-state index contributed by atoms with van der Waals surface area (Å²) in [7, 11) is 0. The van der Waals surface area contributed by atoms with E-state index < -0.39 is 0 Å². The monoisotopic (exact) mass is 240 g/mol. The highest BCUT2D eigenvalue weighted by atomic mass is 16.5. The predicted octanol–water partition coefficient (Wildman–Crippen LogP) is 1.06. The molecule has 2 N–H and O–H groups in total. The smallest absolute Gasteiger partial charge is 0.220 e. The maximum Gasteiger partial charge on any atom is 0.220 e. The Kier molecular flexibility index (Phi) is 4.05. The molecule has 0 radical (unpaired) electrons. The van der Waals surface area contributed by atoms with Gasteiger partial charge in [-0.15, -0.1) is 0 Å². The van der Waals surface area contributed by atoms with Gasteiger partial charge in [0.25, 0.3) is 0 Å². The summed E-state index contributed by atoms with van der Waals surface area (Å²) in [4.78, 5) is 11.7. The lowest BCUT2D eigenvalue weighted by Gasteiger charge is -2.33. The molecule has 1 unspecified atom stereocenters. The Morgan fingerprint density at radius 2 is 2.18 bits per heavy atom. The summed E-state index contributed by atoms with van der Waals surface area (Å²) in [6, 6.07) is 0.234. The first-order chi connectivity index (χ1) is 8.10. The standard InChI is InChI=1S/C13H24N2O2/c1-10(2)15-12(16)7-11-8-13(17-9-11)3-5-14-6-4-13/h10-11,14H,3-9H2,1-2H3,(H,15,16). The van der Waals surface area contributed by atoms with Crippen molar-refractivity contribution in [2.75, 3.05) is 19.7 Å². The summed E-state index contributed by atoms with van der Waals surface area (Å²) in [5.74, 6) is 0.575. The van der Waals surface area contributed by atoms with E-state index in [1.807, 2.05) is 13.8 Å². The van der Waals surface area contributed by atoms with Crippen LogP contribution in [0.2, 0.25) is 0 Å². The van der Waals surface area contributed by atoms with E-state index >= 15 is 0 Å². The molecule has 0 aliphatic carbocycles. The van der Waals surface area contributed by atoms with Gasteiger partial charge < -0.3 is 15.4 Å². The molecule has 2 aliphatic rings. The summed E-state index contributed by atoms with van der Waals surface area (Å²) in [5.41, 5.74) is 0.0774. The van der Waals surface area contributed by atoms with Crippen LogP contribution in [-0.2, 0) is 9.53 Å². The van der Waals surface area contributed by atoms with Gasteiger partial charge in [-0.2, -0.15) is 0 Å². The average Bonchev–Trinajstić information content (AvgIpc) is 2.61. The lowest BCUT2D eigenvalue weighted by molar-refractivity contribution is -0.122. The van der Waals surface area contributed by atoms with Crippen LogP contribution in [0.25, 0.3) is 0 Å². The maximum absolute atomic E-state index is 11.7. The van der Waals surface area contributed by atoms with Crippen LogP contribution < -0.4 is 10.6 Å². The minimum absolute atomic E-state index is 0.0774. The van der Waals surface area contributed by atoms with Crippen LogP contribution in [-0.4, -0.2) is 37.2 Å². The Morgan fingerprint density at radius 3 is 2.82 bits per heavy atom. The quantitative estimate of drug-likeness (QED) is 0.775. The van der Waals surface area contributed by atoms with Crippen LogP contribution in [0.1, 0.15) is 39.5 Å². The van der Waals surface area contributed by atoms with Gasteiger partial charge in [0.15, 0.2) is 0 Å². The third-order valence-electron chi connectivity index (χ3n) is 3.72. The van der Waals surface area contributed by atoms with E-state index in [1.165, 1.54) is 0 Å². The molecule has 98 valence electrons. The van der Waals surface area contributed by atoms with Gasteiger partial charge in [-0.1, -0.05) is 0 Å². The number of rotatable bonds is 3. The minimum Gasteiger partial charge on any atom is -0.375 e. The largest absolute Gasteiger partial charge is 0.375 e. The van der Waals surface area contributed by atoms with Crippen LogP contribution in [0.15, 0.2) is 0 Å². The van der Waals surface area contributed by atoms with Crippen molar-refractivity contribution in [2.24, 2.45) is 5.92 Å². The Hall–Kier alpha value is -0.610. The summed E-state index contributed by atoms with van der Waals surface area (Å²) < 4.78 is 5.98. The minimum atomic E-state index is 0.0774. The highest BCUT2D eigenvalue weighted by molar-refractivity contribution is 5.76. The number of piperidine rings is 1. The number of carbonyl (C=O) groups is 1. The number of carbonyl (C=O) groups excluding carboxylic acids is 1. The van der Waals surface area contributed by atoms with Crippen molar-refractivity contribution < 1.29 is 9.53 Å². The fourth-order valence-corrected chi connectivity index (χ4v) is 2.94. The number of ether oxygens (including phenoxy) is 1. The van der Waals surface area contributed by atoms with E-state index in [-0.39, 0.29) is 17.6 Å². The normalized spacial score (nSPS) is 27.6. The topological polar surface area (TPSA) is 50.4 Å². The molecule has 2 rings (SSSR count). The second kappa shape index (κ2) is 5.36. The van der Waals surface area contributed by atoms with Crippen molar-refractivity contribution >= 4 is 5.91 Å². The van der Waals surface area contributed by atoms with Crippen molar-refractivity contribution in [3.8, 4) is 0 Å². The number of amides is 1. The van der Waals surface area contributed by atoms with E-state index in [1.54, 1.807) is 0 Å². The van der Waals surface area contributed by atoms with Crippen LogP contribution >= 0.6 is 0 Å². The molecule has 0 aromatic rings. The Morgan fingerprint density at radius 1 is 1.47 bits per heavy atom. The molecule has 4 nitrogen and oxygen atoms in total. The summed E-state index contributed by atoms with van der Waals surface area (Å²) in [6.07, 6.45) is 3.86. The molecule has 0 bridgehead atoms. The third kappa shape index (κ3) is 3.42. The number of hydrogen-bond acceptors (Lipinski definition) is 3. The van der Waals surface area contributed by atoms with Gasteiger partial charge in [0.1, 0.15) is 0 Å². The van der Waals surface area contributed by atoms with Crippen molar-refractivity contribution in [2.45, 2.75) is 51.2 Å². The molecule has 1 amide bonds. The lowest BCUT2D eigenvalue weighted by atomic mass is 9.85. The van der Waals surface area contributed by atoms with E-state index in [2.05, 4.69) is 10.6 Å². The molecular weight excluding hydrogens is 216 g/mol. The van der Waals surface area contributed by atoms with Gasteiger partial charge in [0.2, 0.25) is 5.91 Å². The van der Waals surface area contributed by atoms with Gasteiger partial charge in [-0.25, -0.2) is 0 Å². The molecule has 1 atom stereocenters. The Labute approximate surface area is 103 Å². The van der Waals surface area contributed by atoms with Crippen LogP contribution in [0, 0.1) is 5.92 Å². The van der Waals surface area contributed by atoms with Gasteiger partial charge in [0.05, 0.1) is 12.2 Å². The zero-order chi connectivity index (χ0) is 12.3. The van der Waals surface area contributed by atoms with Crippen molar-refractivity contribution in [3.63, 3.8) is 0 Å². The maximum atomic E-state index is 11.7. The van der Waals surface area contributed by atoms with Crippen molar-refractivity contribution in [3.05, 3.63) is 0 Å². The van der Waals surface area contributed by atoms with E-state index in [0.717, 1.165) is 39.0 Å². The highest BCUT2D eigenvalue weighted by Gasteiger charge is 2.41. The molecular formula is C13H24N2O2. The van der Waals surface area contributed by atoms with Gasteiger partial charge in [-0.05, 0) is 52.1 Å². The number of nitrogens with one attached hydrogen (secondary N) is 2. The first-order valence-corrected chi connectivity index (χ1v) is 6.74. The molecule has 2 heterocycles. The zero-order valence-corrected chi connectivity index (χ0v) is 10.9. The van der Waals surface area contributed by atoms with E-state index in [4.69, 9.17) is 4.74 Å². The summed E-state index contributed by atoms with van der Waals surface area (Å²) in [5, 5.41) is 6.31. The Balaban J connectivity index is 1.79. The van der Waals surface area contributed by atoms with Gasteiger partial charge in [-0.3, -0.25) is 4.79 Å². The zero-order valence-electron chi connectivity index (χ0n) is 10.9. The number of hydrogen-bond donors (Lipinski definition) is 2. The van der Waals surface area contributed by atoms with Crippen LogP contribution in [0.5, 0.6) is 0 Å². The molecule has 1 spiro atoms. The van der Waals surface area contributed by atoms with Crippen LogP contribution in [0.4, 0.5) is 0 Å². The molecule has 0 saturated carbocycles. The van der Waals surface area contributed by atoms with Crippen molar-refractivity contribution in [1.82, 2.24) is 10.6 Å². The van der Waals surface area contributed by atoms with E-state index in [0.29, 0.717) is 12.3 Å². The molecule has 2 aliphatic heterocycles. The summed E-state index contributed by atoms with van der Waals surface area (Å²) in [6.45, 7) is 6.84. The molecule has 2 fully saturated rings. The second-order valence-corrected chi connectivity index (χ2v) is 5.74. The van der Waals surface area contributed by atoms with Crippen LogP contribution in [0.3, 0.4) is 0 Å². The molecule has 0 aromatic heterocycles. The first kappa shape index (κ1) is 12.8. The average molecular weight is 240 g/mol. The Bertz CT molecular complexity index is 273. The molecule has 2 saturated heterocycles. The van der Waals surface area contributed by atoms with Crippen molar-refractivity contribution in [1.29, 1.82) is 0 Å². The fourth-order valence-electron chi connectivity index (χ4n) is 2.94. The third-order valence-corrected chi connectivity index (χ3v) is 3.72. The second-order valence-electron chi connectivity index (χ2n) is 5.74. The van der Waals surface area contributed by atoms with Gasteiger partial charge >= 0.3 is 0 Å². The van der Waals surface area contributed by atoms with E-state index in [9.17, 15) is 4.79 Å². The predicted molar refractivity (Wildman–Crippen MR) is 66.8 cm³/mol. The molecule has 0 aromatic carbocycles. The SMILES string of the molecule is CC(C)NC(=O)CC1COC2(CCNCC2)C1. The molecule has 4 heteroatoms. The summed E-state index contributed by atoms with van der Waals surface area (Å²) >= 11 is 0. The molecule has 17 heavy (non-hydrogen) atoms. The van der Waals surface area contributed by atoms with Gasteiger partial charge in [0, 0.05) is 12.5 Å². The fraction of sp³-hybridized carbons (Fsp3) is 0.923. The highest BCUT2D eigenvalue weighted by Crippen LogP contribution is 2.38. The lowest BCUT2D eigenvalue weighted by Crippen LogP contribution is -2.41. The first-order valence-electron chi connectivity index (χ1n) is 6.74.